The molecule has 0 radical (unpaired) electrons. The number of hydrogen-bond donors (Lipinski definition) is 1. The first kappa shape index (κ1) is 15.1. The van der Waals surface area contributed by atoms with Crippen molar-refractivity contribution >= 4 is 15.8 Å². The van der Waals surface area contributed by atoms with Crippen LogP contribution in [0.25, 0.3) is 0 Å². The molecule has 1 aromatic heterocycles. The second-order valence-electron chi connectivity index (χ2n) is 4.92. The van der Waals surface area contributed by atoms with E-state index in [2.05, 4.69) is 9.82 Å². The summed E-state index contributed by atoms with van der Waals surface area (Å²) < 4.78 is 28.8. The Morgan fingerprint density at radius 1 is 1.29 bits per heavy atom. The van der Waals surface area contributed by atoms with Crippen molar-refractivity contribution in [2.24, 2.45) is 7.05 Å². The Morgan fingerprint density at radius 2 is 1.95 bits per heavy atom. The molecule has 1 heterocycles. The lowest BCUT2D eigenvalue weighted by atomic mass is 10.2. The summed E-state index contributed by atoms with van der Waals surface area (Å²) in [6.45, 7) is 5.30. The van der Waals surface area contributed by atoms with Crippen molar-refractivity contribution in [2.75, 3.05) is 4.72 Å². The molecule has 6 nitrogen and oxygen atoms in total. The average molecular weight is 304 g/mol. The van der Waals surface area contributed by atoms with E-state index in [0.717, 1.165) is 5.56 Å². The minimum absolute atomic E-state index is 0.176. The summed E-state index contributed by atoms with van der Waals surface area (Å²) in [7, 11) is -2.17. The first-order valence-electron chi connectivity index (χ1n) is 6.30. The highest BCUT2D eigenvalue weighted by Crippen LogP contribution is 2.23. The Balaban J connectivity index is 2.50. The van der Waals surface area contributed by atoms with Crippen molar-refractivity contribution in [3.8, 4) is 6.07 Å². The summed E-state index contributed by atoms with van der Waals surface area (Å²) in [6.07, 6.45) is 0. The van der Waals surface area contributed by atoms with Crippen LogP contribution in [0.15, 0.2) is 23.1 Å². The molecule has 2 rings (SSSR count). The van der Waals surface area contributed by atoms with Crippen molar-refractivity contribution < 1.29 is 8.42 Å². The zero-order chi connectivity index (χ0) is 15.8. The zero-order valence-electron chi connectivity index (χ0n) is 12.3. The van der Waals surface area contributed by atoms with E-state index in [1.807, 2.05) is 13.0 Å². The minimum Gasteiger partial charge on any atom is -0.262 e. The molecule has 0 aliphatic heterocycles. The fourth-order valence-electron chi connectivity index (χ4n) is 2.19. The van der Waals surface area contributed by atoms with Gasteiger partial charge in [0.1, 0.15) is 11.6 Å². The van der Waals surface area contributed by atoms with Crippen LogP contribution in [-0.4, -0.2) is 18.2 Å². The normalized spacial score (nSPS) is 11.2. The Morgan fingerprint density at radius 3 is 2.52 bits per heavy atom. The second kappa shape index (κ2) is 5.22. The van der Waals surface area contributed by atoms with Crippen molar-refractivity contribution in [3.63, 3.8) is 0 Å². The van der Waals surface area contributed by atoms with E-state index in [-0.39, 0.29) is 16.3 Å². The minimum atomic E-state index is -3.76. The van der Waals surface area contributed by atoms with E-state index < -0.39 is 10.0 Å². The third kappa shape index (κ3) is 2.76. The van der Waals surface area contributed by atoms with Gasteiger partial charge in [0.2, 0.25) is 0 Å². The van der Waals surface area contributed by atoms with E-state index >= 15 is 0 Å². The highest BCUT2D eigenvalue weighted by atomic mass is 32.2. The van der Waals surface area contributed by atoms with E-state index in [1.54, 1.807) is 39.1 Å². The Kier molecular flexibility index (Phi) is 3.75. The van der Waals surface area contributed by atoms with Crippen LogP contribution >= 0.6 is 0 Å². The molecule has 7 heteroatoms. The summed E-state index contributed by atoms with van der Waals surface area (Å²) in [5, 5.41) is 13.2. The maximum absolute atomic E-state index is 12.5. The summed E-state index contributed by atoms with van der Waals surface area (Å²) in [4.78, 5) is 0.191. The Bertz CT molecular complexity index is 845. The Hall–Kier alpha value is -2.33. The number of anilines is 1. The molecular weight excluding hydrogens is 288 g/mol. The van der Waals surface area contributed by atoms with Gasteiger partial charge in [0.05, 0.1) is 10.6 Å². The van der Waals surface area contributed by atoms with Crippen LogP contribution in [0.4, 0.5) is 5.82 Å². The number of nitrogens with one attached hydrogen (secondary N) is 1. The predicted octanol–water partition coefficient (Wildman–Crippen LogP) is 2.02. The van der Waals surface area contributed by atoms with Gasteiger partial charge in [0, 0.05) is 7.05 Å². The number of benzene rings is 1. The summed E-state index contributed by atoms with van der Waals surface area (Å²) in [5.41, 5.74) is 2.35. The van der Waals surface area contributed by atoms with Gasteiger partial charge in [-0.2, -0.15) is 10.4 Å². The number of nitrogens with zero attached hydrogens (tertiary/aromatic N) is 3. The lowest BCUT2D eigenvalue weighted by Gasteiger charge is -2.11. The molecular formula is C14H16N4O2S. The molecule has 21 heavy (non-hydrogen) atoms. The van der Waals surface area contributed by atoms with Gasteiger partial charge in [-0.05, 0) is 32.4 Å². The van der Waals surface area contributed by atoms with Gasteiger partial charge in [-0.25, -0.2) is 8.42 Å². The lowest BCUT2D eigenvalue weighted by Crippen LogP contribution is -2.17. The molecule has 0 saturated carbocycles. The van der Waals surface area contributed by atoms with Crippen LogP contribution in [0.1, 0.15) is 22.4 Å². The van der Waals surface area contributed by atoms with Crippen molar-refractivity contribution in [1.82, 2.24) is 9.78 Å². The molecule has 1 aromatic carbocycles. The highest BCUT2D eigenvalue weighted by Gasteiger charge is 2.22. The van der Waals surface area contributed by atoms with Crippen LogP contribution in [0.3, 0.4) is 0 Å². The van der Waals surface area contributed by atoms with Crippen LogP contribution in [-0.2, 0) is 17.1 Å². The average Bonchev–Trinajstić information content (AvgIpc) is 2.62. The van der Waals surface area contributed by atoms with E-state index in [4.69, 9.17) is 5.26 Å². The summed E-state index contributed by atoms with van der Waals surface area (Å²) in [5.74, 6) is 0.176. The maximum atomic E-state index is 12.5. The third-order valence-corrected chi connectivity index (χ3v) is 4.68. The van der Waals surface area contributed by atoms with Gasteiger partial charge in [0.25, 0.3) is 10.0 Å². The van der Waals surface area contributed by atoms with Crippen molar-refractivity contribution in [3.05, 3.63) is 40.6 Å². The maximum Gasteiger partial charge on any atom is 0.263 e. The fraction of sp³-hybridized carbons (Fsp3) is 0.286. The first-order chi connectivity index (χ1) is 9.76. The fourth-order valence-corrected chi connectivity index (χ4v) is 3.52. The van der Waals surface area contributed by atoms with Crippen LogP contribution in [0.2, 0.25) is 0 Å². The number of aryl methyl sites for hydroxylation is 4. The molecule has 2 aromatic rings. The van der Waals surface area contributed by atoms with Gasteiger partial charge >= 0.3 is 0 Å². The van der Waals surface area contributed by atoms with Gasteiger partial charge in [0.15, 0.2) is 5.82 Å². The van der Waals surface area contributed by atoms with Crippen LogP contribution in [0, 0.1) is 32.1 Å². The molecule has 0 aliphatic carbocycles. The number of nitriles is 1. The topological polar surface area (TPSA) is 87.8 Å². The Labute approximate surface area is 124 Å². The summed E-state index contributed by atoms with van der Waals surface area (Å²) >= 11 is 0. The van der Waals surface area contributed by atoms with Crippen LogP contribution < -0.4 is 4.72 Å². The summed E-state index contributed by atoms with van der Waals surface area (Å²) in [6, 6.07) is 7.07. The van der Waals surface area contributed by atoms with E-state index in [9.17, 15) is 8.42 Å². The lowest BCUT2D eigenvalue weighted by molar-refractivity contribution is 0.599. The quantitative estimate of drug-likeness (QED) is 0.939. The predicted molar refractivity (Wildman–Crippen MR) is 79.4 cm³/mol. The zero-order valence-corrected chi connectivity index (χ0v) is 13.1. The molecule has 0 atom stereocenters. The molecule has 0 saturated heterocycles. The van der Waals surface area contributed by atoms with Gasteiger partial charge in [-0.15, -0.1) is 0 Å². The second-order valence-corrected chi connectivity index (χ2v) is 6.57. The molecule has 0 spiro atoms. The monoisotopic (exact) mass is 304 g/mol. The van der Waals surface area contributed by atoms with Gasteiger partial charge in [-0.3, -0.25) is 9.40 Å². The highest BCUT2D eigenvalue weighted by molar-refractivity contribution is 7.92. The SMILES string of the molecule is Cc1ccc(S(=O)(=O)Nc2c(C#N)c(C)nn2C)c(C)c1. The van der Waals surface area contributed by atoms with Gasteiger partial charge in [-0.1, -0.05) is 17.7 Å². The van der Waals surface area contributed by atoms with E-state index in [1.165, 1.54) is 4.68 Å². The number of aromatic nitrogens is 2. The molecule has 110 valence electrons. The molecule has 0 fully saturated rings. The first-order valence-corrected chi connectivity index (χ1v) is 7.78. The molecule has 1 N–H and O–H groups in total. The smallest absolute Gasteiger partial charge is 0.262 e. The van der Waals surface area contributed by atoms with Crippen molar-refractivity contribution in [1.29, 1.82) is 5.26 Å². The molecule has 0 amide bonds. The van der Waals surface area contributed by atoms with E-state index in [0.29, 0.717) is 11.3 Å². The number of sulfonamides is 1. The van der Waals surface area contributed by atoms with Crippen LogP contribution in [0.5, 0.6) is 0 Å². The molecule has 0 aliphatic rings. The molecule has 0 unspecified atom stereocenters. The van der Waals surface area contributed by atoms with Crippen molar-refractivity contribution in [2.45, 2.75) is 25.7 Å². The number of hydrogen-bond acceptors (Lipinski definition) is 4. The van der Waals surface area contributed by atoms with Gasteiger partial charge < -0.3 is 0 Å². The third-order valence-electron chi connectivity index (χ3n) is 3.19. The standard InChI is InChI=1S/C14H16N4O2S/c1-9-5-6-13(10(2)7-9)21(19,20)17-14-12(8-15)11(3)16-18(14)4/h5-7,17H,1-4H3. The number of rotatable bonds is 3. The molecule has 0 bridgehead atoms. The largest absolute Gasteiger partial charge is 0.263 e.